The summed E-state index contributed by atoms with van der Waals surface area (Å²) in [5, 5.41) is 27.0. The van der Waals surface area contributed by atoms with Crippen LogP contribution in [-0.4, -0.2) is 40.7 Å². The first-order chi connectivity index (χ1) is 13.7. The summed E-state index contributed by atoms with van der Waals surface area (Å²) in [4.78, 5) is 24.1. The molecule has 7 nitrogen and oxygen atoms in total. The maximum Gasteiger partial charge on any atom is 0.242 e. The second-order valence-electron chi connectivity index (χ2n) is 6.83. The zero-order valence-electron chi connectivity index (χ0n) is 15.2. The molecule has 0 aliphatic carbocycles. The van der Waals surface area contributed by atoms with E-state index in [2.05, 4.69) is 10.6 Å². The van der Waals surface area contributed by atoms with Crippen LogP contribution >= 0.6 is 23.2 Å². The number of aliphatic hydroxyl groups excluding tert-OH is 1. The lowest BCUT2D eigenvalue weighted by Crippen LogP contribution is -2.43. The highest BCUT2D eigenvalue weighted by atomic mass is 35.5. The lowest BCUT2D eigenvalue weighted by atomic mass is 9.86. The summed E-state index contributed by atoms with van der Waals surface area (Å²) in [5.74, 6) is -2.62. The Morgan fingerprint density at radius 2 is 2.07 bits per heavy atom. The lowest BCUT2D eigenvalue weighted by molar-refractivity contribution is -0.527. The van der Waals surface area contributed by atoms with Crippen molar-refractivity contribution in [1.29, 1.82) is 0 Å². The highest BCUT2D eigenvalue weighted by Gasteiger charge is 2.54. The fraction of sp³-hybridized carbons (Fsp3) is 0.316. The van der Waals surface area contributed by atoms with Gasteiger partial charge in [-0.3, -0.25) is 20.2 Å². The van der Waals surface area contributed by atoms with Crippen molar-refractivity contribution in [2.24, 2.45) is 0 Å². The number of carbonyl (C=O) groups excluding carboxylic acids is 1. The smallest absolute Gasteiger partial charge is 0.242 e. The summed E-state index contributed by atoms with van der Waals surface area (Å²) >= 11 is 11.8. The Morgan fingerprint density at radius 1 is 1.34 bits per heavy atom. The number of nitrogens with zero attached hydrogens (tertiary/aromatic N) is 1. The van der Waals surface area contributed by atoms with Gasteiger partial charge < -0.3 is 10.4 Å². The van der Waals surface area contributed by atoms with E-state index in [0.717, 1.165) is 5.56 Å². The summed E-state index contributed by atoms with van der Waals surface area (Å²) in [6.45, 7) is 1.17. The van der Waals surface area contributed by atoms with E-state index < -0.39 is 47.3 Å². The van der Waals surface area contributed by atoms with Gasteiger partial charge >= 0.3 is 0 Å². The van der Waals surface area contributed by atoms with Gasteiger partial charge in [-0.05, 0) is 30.7 Å². The summed E-state index contributed by atoms with van der Waals surface area (Å²) in [6.07, 6.45) is 0. The Hall–Kier alpha value is -2.26. The maximum atomic E-state index is 14.7. The number of benzene rings is 2. The molecule has 3 rings (SSSR count). The van der Waals surface area contributed by atoms with E-state index >= 15 is 0 Å². The number of hydrogen-bond donors (Lipinski definition) is 3. The van der Waals surface area contributed by atoms with Gasteiger partial charge in [-0.1, -0.05) is 41.4 Å². The van der Waals surface area contributed by atoms with Crippen molar-refractivity contribution in [2.75, 3.05) is 11.9 Å². The molecule has 1 heterocycles. The third-order valence-electron chi connectivity index (χ3n) is 5.05. The molecule has 1 aliphatic rings. The van der Waals surface area contributed by atoms with Crippen molar-refractivity contribution in [3.8, 4) is 0 Å². The Balaban J connectivity index is 2.02. The van der Waals surface area contributed by atoms with E-state index in [0.29, 0.717) is 10.7 Å². The summed E-state index contributed by atoms with van der Waals surface area (Å²) in [5.41, 5.74) is 1.10. The molecular weight excluding hydrogens is 424 g/mol. The van der Waals surface area contributed by atoms with Crippen LogP contribution in [0.1, 0.15) is 17.0 Å². The molecule has 2 aromatic carbocycles. The number of nitrogens with one attached hydrogen (secondary N) is 2. The zero-order valence-corrected chi connectivity index (χ0v) is 16.7. The van der Waals surface area contributed by atoms with E-state index in [1.54, 1.807) is 25.1 Å². The molecule has 0 spiro atoms. The number of amides is 1. The fourth-order valence-corrected chi connectivity index (χ4v) is 3.99. The monoisotopic (exact) mass is 441 g/mol. The molecule has 4 atom stereocenters. The van der Waals surface area contributed by atoms with Crippen LogP contribution in [0.15, 0.2) is 36.4 Å². The Bertz CT molecular complexity index is 959. The minimum Gasteiger partial charge on any atom is -0.394 e. The Kier molecular flexibility index (Phi) is 6.38. The predicted octanol–water partition coefficient (Wildman–Crippen LogP) is 3.14. The van der Waals surface area contributed by atoms with Gasteiger partial charge in [0, 0.05) is 21.2 Å². The molecule has 29 heavy (non-hydrogen) atoms. The van der Waals surface area contributed by atoms with Gasteiger partial charge in [0.15, 0.2) is 0 Å². The number of rotatable bonds is 5. The molecule has 2 aromatic rings. The van der Waals surface area contributed by atoms with E-state index in [1.165, 1.54) is 18.2 Å². The molecule has 0 bridgehead atoms. The predicted molar refractivity (Wildman–Crippen MR) is 108 cm³/mol. The normalized spacial score (nSPS) is 23.8. The highest BCUT2D eigenvalue weighted by Crippen LogP contribution is 2.37. The number of nitro groups is 1. The molecule has 1 fully saturated rings. The molecule has 0 aromatic heterocycles. The molecule has 10 heteroatoms. The van der Waals surface area contributed by atoms with Gasteiger partial charge in [-0.15, -0.1) is 0 Å². The number of halogens is 3. The van der Waals surface area contributed by atoms with Crippen molar-refractivity contribution >= 4 is 34.8 Å². The fourth-order valence-electron chi connectivity index (χ4n) is 3.64. The quantitative estimate of drug-likeness (QED) is 0.488. The number of hydrogen-bond acceptors (Lipinski definition) is 5. The van der Waals surface area contributed by atoms with Gasteiger partial charge in [0.2, 0.25) is 11.9 Å². The lowest BCUT2D eigenvalue weighted by Gasteiger charge is -2.21. The molecular formula is C19H18Cl2FN3O4. The molecule has 1 saturated heterocycles. The summed E-state index contributed by atoms with van der Waals surface area (Å²) in [7, 11) is 0. The Morgan fingerprint density at radius 3 is 2.72 bits per heavy atom. The second-order valence-corrected chi connectivity index (χ2v) is 7.67. The average molecular weight is 442 g/mol. The van der Waals surface area contributed by atoms with Crippen LogP contribution in [-0.2, 0) is 4.79 Å². The molecule has 154 valence electrons. The number of anilines is 1. The van der Waals surface area contributed by atoms with Crippen LogP contribution in [0.3, 0.4) is 0 Å². The molecule has 1 aliphatic heterocycles. The van der Waals surface area contributed by atoms with Crippen LogP contribution in [0.25, 0.3) is 0 Å². The first-order valence-corrected chi connectivity index (χ1v) is 9.51. The SMILES string of the molecule is Cc1ccc(Cl)cc1NC(=O)[C@@H]1N[C@@H](CO)[C@@H]([N+](=O)[O-])[C@@H]1c1cccc(Cl)c1F. The van der Waals surface area contributed by atoms with E-state index in [9.17, 15) is 24.4 Å². The third-order valence-corrected chi connectivity index (χ3v) is 5.58. The topological polar surface area (TPSA) is 104 Å². The van der Waals surface area contributed by atoms with Crippen molar-refractivity contribution in [3.05, 3.63) is 73.5 Å². The van der Waals surface area contributed by atoms with E-state index in [1.807, 2.05) is 0 Å². The molecule has 0 saturated carbocycles. The second kappa shape index (κ2) is 8.62. The first kappa shape index (κ1) is 21.4. The van der Waals surface area contributed by atoms with Crippen molar-refractivity contribution in [2.45, 2.75) is 31.0 Å². The maximum absolute atomic E-state index is 14.7. The largest absolute Gasteiger partial charge is 0.394 e. The van der Waals surface area contributed by atoms with Gasteiger partial charge in [0.25, 0.3) is 0 Å². The molecule has 0 unspecified atom stereocenters. The van der Waals surface area contributed by atoms with Crippen LogP contribution in [0, 0.1) is 22.9 Å². The number of aryl methyl sites for hydroxylation is 1. The van der Waals surface area contributed by atoms with Crippen LogP contribution in [0.5, 0.6) is 0 Å². The highest BCUT2D eigenvalue weighted by molar-refractivity contribution is 6.31. The number of aliphatic hydroxyl groups is 1. The van der Waals surface area contributed by atoms with E-state index in [4.69, 9.17) is 23.2 Å². The van der Waals surface area contributed by atoms with E-state index in [-0.39, 0.29) is 10.6 Å². The van der Waals surface area contributed by atoms with Gasteiger partial charge in [0.1, 0.15) is 11.9 Å². The van der Waals surface area contributed by atoms with Gasteiger partial charge in [-0.2, -0.15) is 0 Å². The van der Waals surface area contributed by atoms with Crippen molar-refractivity contribution in [1.82, 2.24) is 5.32 Å². The standard InChI is InChI=1S/C19H18Cl2FN3O4/c1-9-5-6-10(20)7-13(9)24-19(27)17-15(11-3-2-4-12(21)16(11)22)18(25(28)29)14(8-26)23-17/h2-7,14-15,17-18,23,26H,8H2,1H3,(H,24,27)/t14-,15+,17+,18+/m0/s1. The Labute approximate surface area is 176 Å². The average Bonchev–Trinajstić information content (AvgIpc) is 3.06. The first-order valence-electron chi connectivity index (χ1n) is 8.76. The zero-order chi connectivity index (χ0) is 21.3. The minimum absolute atomic E-state index is 0.0642. The van der Waals surface area contributed by atoms with Gasteiger partial charge in [-0.25, -0.2) is 4.39 Å². The van der Waals surface area contributed by atoms with Gasteiger partial charge in [0.05, 0.1) is 23.6 Å². The van der Waals surface area contributed by atoms with Crippen LogP contribution in [0.4, 0.5) is 10.1 Å². The van der Waals surface area contributed by atoms with Crippen molar-refractivity contribution < 1.29 is 19.2 Å². The van der Waals surface area contributed by atoms with Crippen molar-refractivity contribution in [3.63, 3.8) is 0 Å². The van der Waals surface area contributed by atoms with Crippen LogP contribution in [0.2, 0.25) is 10.0 Å². The molecule has 0 radical (unpaired) electrons. The molecule has 3 N–H and O–H groups in total. The number of carbonyl (C=O) groups is 1. The summed E-state index contributed by atoms with van der Waals surface area (Å²) in [6, 6.07) is 5.42. The summed E-state index contributed by atoms with van der Waals surface area (Å²) < 4.78 is 14.7. The minimum atomic E-state index is -1.43. The molecule has 1 amide bonds. The van der Waals surface area contributed by atoms with Crippen LogP contribution < -0.4 is 10.6 Å². The third kappa shape index (κ3) is 4.20.